The maximum atomic E-state index is 9.51. The molecule has 0 aliphatic heterocycles. The summed E-state index contributed by atoms with van der Waals surface area (Å²) in [6.07, 6.45) is 0. The topological polar surface area (TPSA) is 45.9 Å². The average molecular weight is 321 g/mol. The van der Waals surface area contributed by atoms with Crippen LogP contribution in [0.3, 0.4) is 0 Å². The summed E-state index contributed by atoms with van der Waals surface area (Å²) >= 11 is 5.96. The summed E-state index contributed by atoms with van der Waals surface area (Å²) in [5, 5.41) is 10.2. The van der Waals surface area contributed by atoms with Crippen LogP contribution in [0.1, 0.15) is 5.56 Å². The van der Waals surface area contributed by atoms with Gasteiger partial charge in [0, 0.05) is 16.1 Å². The lowest BCUT2D eigenvalue weighted by Crippen LogP contribution is -1.97. The highest BCUT2D eigenvalue weighted by atomic mass is 35.5. The summed E-state index contributed by atoms with van der Waals surface area (Å²) in [6.45, 7) is 0. The molecule has 0 spiro atoms. The minimum absolute atomic E-state index is 0.318. The van der Waals surface area contributed by atoms with Gasteiger partial charge in [0.1, 0.15) is 11.6 Å². The van der Waals surface area contributed by atoms with Gasteiger partial charge in [-0.25, -0.2) is 4.98 Å². The van der Waals surface area contributed by atoms with Crippen molar-refractivity contribution in [2.45, 2.75) is 0 Å². The van der Waals surface area contributed by atoms with Crippen molar-refractivity contribution >= 4 is 11.6 Å². The molecule has 0 bridgehead atoms. The lowest BCUT2D eigenvalue weighted by atomic mass is 9.99. The molecule has 0 saturated heterocycles. The molecule has 112 valence electrons. The normalized spacial score (nSPS) is 10.1. The number of nitrogens with zero attached hydrogens (tertiary/aromatic N) is 2. The molecule has 0 N–H and O–H groups in total. The van der Waals surface area contributed by atoms with Gasteiger partial charge >= 0.3 is 0 Å². The first kappa shape index (κ1) is 15.1. The van der Waals surface area contributed by atoms with Crippen LogP contribution in [0, 0.1) is 11.3 Å². The molecule has 3 nitrogen and oxygen atoms in total. The third-order valence-electron chi connectivity index (χ3n) is 3.52. The van der Waals surface area contributed by atoms with Gasteiger partial charge in [-0.15, -0.1) is 0 Å². The first-order chi connectivity index (χ1) is 11.2. The summed E-state index contributed by atoms with van der Waals surface area (Å²) in [5.41, 5.74) is 3.80. The van der Waals surface area contributed by atoms with E-state index >= 15 is 0 Å². The zero-order valence-electron chi connectivity index (χ0n) is 12.5. The predicted molar refractivity (Wildman–Crippen MR) is 91.4 cm³/mol. The molecule has 3 rings (SSSR count). The largest absolute Gasteiger partial charge is 0.480 e. The van der Waals surface area contributed by atoms with Gasteiger partial charge in [0.15, 0.2) is 0 Å². The number of hydrogen-bond donors (Lipinski definition) is 0. The summed E-state index contributed by atoms with van der Waals surface area (Å²) in [6, 6.07) is 21.2. The molecule has 23 heavy (non-hydrogen) atoms. The number of halogens is 1. The van der Waals surface area contributed by atoms with Crippen molar-refractivity contribution in [3.05, 3.63) is 71.2 Å². The van der Waals surface area contributed by atoms with E-state index in [4.69, 9.17) is 16.3 Å². The van der Waals surface area contributed by atoms with Crippen molar-refractivity contribution in [3.8, 4) is 34.3 Å². The molecule has 0 aliphatic rings. The summed E-state index contributed by atoms with van der Waals surface area (Å²) in [7, 11) is 1.52. The highest BCUT2D eigenvalue weighted by molar-refractivity contribution is 6.30. The second kappa shape index (κ2) is 6.51. The van der Waals surface area contributed by atoms with E-state index in [-0.39, 0.29) is 0 Å². The molecule has 0 aliphatic carbocycles. The van der Waals surface area contributed by atoms with Gasteiger partial charge in [0.05, 0.1) is 12.8 Å². The van der Waals surface area contributed by atoms with E-state index in [0.717, 1.165) is 22.4 Å². The van der Waals surface area contributed by atoms with E-state index in [9.17, 15) is 5.26 Å². The van der Waals surface area contributed by atoms with E-state index in [1.165, 1.54) is 7.11 Å². The fourth-order valence-corrected chi connectivity index (χ4v) is 2.52. The van der Waals surface area contributed by atoms with Gasteiger partial charge < -0.3 is 4.74 Å². The van der Waals surface area contributed by atoms with Crippen molar-refractivity contribution in [2.75, 3.05) is 7.11 Å². The molecule has 4 heteroatoms. The van der Waals surface area contributed by atoms with Crippen molar-refractivity contribution in [1.82, 2.24) is 4.98 Å². The molecule has 3 aromatic rings. The van der Waals surface area contributed by atoms with E-state index in [1.807, 2.05) is 48.5 Å². The minimum Gasteiger partial charge on any atom is -0.480 e. The maximum absolute atomic E-state index is 9.51. The van der Waals surface area contributed by atoms with Crippen molar-refractivity contribution in [1.29, 1.82) is 5.26 Å². The molecule has 0 saturated carbocycles. The number of pyridine rings is 1. The number of hydrogen-bond acceptors (Lipinski definition) is 3. The van der Waals surface area contributed by atoms with Crippen molar-refractivity contribution < 1.29 is 4.74 Å². The fourth-order valence-electron chi connectivity index (χ4n) is 2.39. The summed E-state index contributed by atoms with van der Waals surface area (Å²) < 4.78 is 5.32. The molecule has 2 aromatic carbocycles. The van der Waals surface area contributed by atoms with Crippen LogP contribution in [0.2, 0.25) is 5.02 Å². The Morgan fingerprint density at radius 1 is 1.00 bits per heavy atom. The van der Waals surface area contributed by atoms with Crippen LogP contribution in [-0.2, 0) is 0 Å². The van der Waals surface area contributed by atoms with Gasteiger partial charge in [0.2, 0.25) is 5.88 Å². The number of aromatic nitrogens is 1. The Kier molecular flexibility index (Phi) is 4.27. The lowest BCUT2D eigenvalue weighted by Gasteiger charge is -2.11. The smallest absolute Gasteiger partial charge is 0.232 e. The average Bonchev–Trinajstić information content (AvgIpc) is 2.62. The first-order valence-corrected chi connectivity index (χ1v) is 7.41. The van der Waals surface area contributed by atoms with Crippen LogP contribution in [-0.4, -0.2) is 12.1 Å². The summed E-state index contributed by atoms with van der Waals surface area (Å²) in [4.78, 5) is 4.47. The fraction of sp³-hybridized carbons (Fsp3) is 0.0526. The van der Waals surface area contributed by atoms with Crippen LogP contribution in [0.5, 0.6) is 5.88 Å². The number of ether oxygens (including phenoxy) is 1. The van der Waals surface area contributed by atoms with Crippen LogP contribution < -0.4 is 4.74 Å². The third kappa shape index (κ3) is 3.03. The first-order valence-electron chi connectivity index (χ1n) is 7.03. The Balaban J connectivity index is 2.25. The van der Waals surface area contributed by atoms with Crippen LogP contribution >= 0.6 is 11.6 Å². The van der Waals surface area contributed by atoms with Gasteiger partial charge in [0.25, 0.3) is 0 Å². The number of methoxy groups -OCH3 is 1. The van der Waals surface area contributed by atoms with Crippen molar-refractivity contribution in [2.24, 2.45) is 0 Å². The van der Waals surface area contributed by atoms with Crippen LogP contribution in [0.4, 0.5) is 0 Å². The molecule has 1 heterocycles. The summed E-state index contributed by atoms with van der Waals surface area (Å²) in [5.74, 6) is 0.318. The molecular weight excluding hydrogens is 308 g/mol. The van der Waals surface area contributed by atoms with Gasteiger partial charge in [-0.2, -0.15) is 5.26 Å². The Bertz CT molecular complexity index is 868. The highest BCUT2D eigenvalue weighted by Crippen LogP contribution is 2.33. The zero-order chi connectivity index (χ0) is 16.2. The second-order valence-corrected chi connectivity index (χ2v) is 5.36. The highest BCUT2D eigenvalue weighted by Gasteiger charge is 2.15. The number of nitriles is 1. The third-order valence-corrected chi connectivity index (χ3v) is 3.77. The number of benzene rings is 2. The van der Waals surface area contributed by atoms with E-state index < -0.39 is 0 Å². The standard InChI is InChI=1S/C19H13ClN2O/c1-23-19-17(12-21)16(13-7-9-15(20)10-8-13)11-18(22-19)14-5-3-2-4-6-14/h2-11H,1H3. The lowest BCUT2D eigenvalue weighted by molar-refractivity contribution is 0.397. The number of rotatable bonds is 3. The minimum atomic E-state index is 0.318. The molecule has 0 atom stereocenters. The Labute approximate surface area is 139 Å². The molecule has 0 unspecified atom stereocenters. The molecule has 0 fully saturated rings. The van der Waals surface area contributed by atoms with Gasteiger partial charge in [-0.3, -0.25) is 0 Å². The quantitative estimate of drug-likeness (QED) is 0.686. The zero-order valence-corrected chi connectivity index (χ0v) is 13.2. The maximum Gasteiger partial charge on any atom is 0.232 e. The van der Waals surface area contributed by atoms with Crippen molar-refractivity contribution in [3.63, 3.8) is 0 Å². The molecule has 1 aromatic heterocycles. The van der Waals surface area contributed by atoms with E-state index in [2.05, 4.69) is 11.1 Å². The van der Waals surface area contributed by atoms with E-state index in [0.29, 0.717) is 16.5 Å². The van der Waals surface area contributed by atoms with Gasteiger partial charge in [-0.1, -0.05) is 54.1 Å². The van der Waals surface area contributed by atoms with E-state index in [1.54, 1.807) is 12.1 Å². The molecular formula is C19H13ClN2O. The molecule has 0 amide bonds. The molecule has 0 radical (unpaired) electrons. The predicted octanol–water partition coefficient (Wildman–Crippen LogP) is 4.95. The van der Waals surface area contributed by atoms with Crippen LogP contribution in [0.15, 0.2) is 60.7 Å². The second-order valence-electron chi connectivity index (χ2n) is 4.92. The Morgan fingerprint density at radius 3 is 2.30 bits per heavy atom. The Morgan fingerprint density at radius 2 is 1.70 bits per heavy atom. The Hall–Kier alpha value is -2.83. The van der Waals surface area contributed by atoms with Gasteiger partial charge in [-0.05, 0) is 23.8 Å². The monoisotopic (exact) mass is 320 g/mol. The SMILES string of the molecule is COc1nc(-c2ccccc2)cc(-c2ccc(Cl)cc2)c1C#N. The van der Waals surface area contributed by atoms with Crippen LogP contribution in [0.25, 0.3) is 22.4 Å².